The average Bonchev–Trinajstić information content (AvgIpc) is 3.42. The summed E-state index contributed by atoms with van der Waals surface area (Å²) in [6, 6.07) is 52.2. The van der Waals surface area contributed by atoms with Crippen molar-refractivity contribution in [1.29, 1.82) is 0 Å². The van der Waals surface area contributed by atoms with E-state index in [0.717, 1.165) is 70.6 Å². The van der Waals surface area contributed by atoms with Crippen molar-refractivity contribution in [3.05, 3.63) is 192 Å². The maximum atomic E-state index is 11.0. The van der Waals surface area contributed by atoms with E-state index in [1.165, 1.54) is 27.7 Å². The van der Waals surface area contributed by atoms with Crippen LogP contribution in [-0.4, -0.2) is 52.3 Å². The minimum atomic E-state index is -0.344. The number of rotatable bonds is 16. The Labute approximate surface area is 476 Å². The summed E-state index contributed by atoms with van der Waals surface area (Å²) in [4.78, 5) is 48.0. The minimum absolute atomic E-state index is 0.302. The second kappa shape index (κ2) is 31.5. The number of methoxy groups -OCH3 is 4. The van der Waals surface area contributed by atoms with Crippen molar-refractivity contribution in [2.75, 3.05) is 28.4 Å². The topological polar surface area (TPSA) is 161 Å². The summed E-state index contributed by atoms with van der Waals surface area (Å²) in [5.41, 5.74) is 3.90. The molecule has 0 aromatic heterocycles. The van der Waals surface area contributed by atoms with Gasteiger partial charge in [-0.25, -0.2) is 0 Å². The van der Waals surface area contributed by atoms with Gasteiger partial charge in [0.15, 0.2) is 0 Å². The van der Waals surface area contributed by atoms with Crippen LogP contribution < -0.4 is 47.4 Å². The number of ether oxygens (including phenoxy) is 10. The molecule has 0 fully saturated rings. The van der Waals surface area contributed by atoms with Crippen LogP contribution in [0.2, 0.25) is 0 Å². The summed E-state index contributed by atoms with van der Waals surface area (Å²) in [6.45, 7) is 13.3. The molecule has 0 aliphatic heterocycles. The number of carbonyl (C=O) groups excluding carboxylic acids is 4. The Morgan fingerprint density at radius 3 is 0.887 bits per heavy atom. The van der Waals surface area contributed by atoms with Gasteiger partial charge in [0.25, 0.3) is 0 Å². The summed E-state index contributed by atoms with van der Waals surface area (Å²) in [5, 5.41) is 0. The molecule has 0 saturated carbocycles. The zero-order valence-corrected chi connectivity index (χ0v) is 48.3. The van der Waals surface area contributed by atoms with Gasteiger partial charge < -0.3 is 47.4 Å². The van der Waals surface area contributed by atoms with E-state index in [1.807, 2.05) is 143 Å². The molecule has 0 amide bonds. The minimum Gasteiger partial charge on any atom is -0.497 e. The van der Waals surface area contributed by atoms with Gasteiger partial charge in [-0.2, -0.15) is 0 Å². The highest BCUT2D eigenvalue weighted by molar-refractivity contribution is 7.99. The van der Waals surface area contributed by atoms with Gasteiger partial charge in [-0.15, -0.1) is 0 Å². The highest BCUT2D eigenvalue weighted by atomic mass is 32.2. The van der Waals surface area contributed by atoms with E-state index in [4.69, 9.17) is 47.4 Å². The van der Waals surface area contributed by atoms with Crippen molar-refractivity contribution >= 4 is 47.4 Å². The number of carbonyl (C=O) groups is 4. The zero-order chi connectivity index (χ0) is 58.1. The summed E-state index contributed by atoms with van der Waals surface area (Å²) >= 11 is 3.30. The second-order valence-electron chi connectivity index (χ2n) is 17.2. The smallest absolute Gasteiger partial charge is 0.308 e. The van der Waals surface area contributed by atoms with Crippen molar-refractivity contribution in [1.82, 2.24) is 0 Å². The van der Waals surface area contributed by atoms with Crippen LogP contribution in [0.1, 0.15) is 49.9 Å². The Balaban J connectivity index is 0.000000196. The lowest BCUT2D eigenvalue weighted by Gasteiger charge is -2.11. The van der Waals surface area contributed by atoms with Crippen molar-refractivity contribution < 1.29 is 66.5 Å². The van der Waals surface area contributed by atoms with Crippen molar-refractivity contribution in [3.63, 3.8) is 0 Å². The molecule has 8 aromatic carbocycles. The van der Waals surface area contributed by atoms with E-state index >= 15 is 0 Å². The molecule has 0 unspecified atom stereocenters. The predicted octanol–water partition coefficient (Wildman–Crippen LogP) is 15.6. The van der Waals surface area contributed by atoms with Gasteiger partial charge >= 0.3 is 23.9 Å². The van der Waals surface area contributed by atoms with Crippen LogP contribution in [0.3, 0.4) is 0 Å². The number of benzene rings is 8. The number of esters is 4. The van der Waals surface area contributed by atoms with Crippen LogP contribution in [0.25, 0.3) is 0 Å². The first-order chi connectivity index (χ1) is 38.3. The monoisotopic (exact) mass is 1120 g/mol. The molecule has 0 spiro atoms. The quantitative estimate of drug-likeness (QED) is 0.0663. The lowest BCUT2D eigenvalue weighted by molar-refractivity contribution is -0.132. The SMILES string of the molecule is COc1ccc(Oc2ccc(OC(C)=O)c(C)c2)cc1C.COc1ccc(Oc2ccc(OC(C)=O)cc2)cc1.COc1ccc(Sc2ccc(OC(C)=O)c(C)c2)cc1C.COc1ccc(Sc2ccc(OC(C)=O)cc2)cc1. The van der Waals surface area contributed by atoms with E-state index in [-0.39, 0.29) is 23.9 Å². The molecule has 0 heterocycles. The molecule has 80 heavy (non-hydrogen) atoms. The number of aryl methyl sites for hydroxylation is 4. The Bertz CT molecular complexity index is 3080. The number of hydrogen-bond acceptors (Lipinski definition) is 16. The van der Waals surface area contributed by atoms with Crippen LogP contribution >= 0.6 is 23.5 Å². The molecule has 8 aromatic rings. The molecule has 14 nitrogen and oxygen atoms in total. The van der Waals surface area contributed by atoms with Crippen molar-refractivity contribution in [3.8, 4) is 69.0 Å². The van der Waals surface area contributed by atoms with E-state index in [2.05, 4.69) is 6.07 Å². The van der Waals surface area contributed by atoms with Crippen molar-refractivity contribution in [2.45, 2.75) is 75.0 Å². The average molecular weight is 1120 g/mol. The third-order valence-electron chi connectivity index (χ3n) is 10.8. The molecular formula is C64H64O14S2. The third kappa shape index (κ3) is 21.2. The van der Waals surface area contributed by atoms with E-state index < -0.39 is 0 Å². The van der Waals surface area contributed by atoms with Gasteiger partial charge in [-0.05, 0) is 220 Å². The predicted molar refractivity (Wildman–Crippen MR) is 310 cm³/mol. The second-order valence-corrected chi connectivity index (χ2v) is 19.5. The molecule has 0 atom stereocenters. The standard InChI is InChI=1S/C17H18O4.C17H18O3S.C15H14O4.C15H14O3S/c2*1-11-9-14(5-7-16(11)19-4)21-15-6-8-17(12(2)10-15)20-13(3)18;1-11(16)18-13-7-9-15(10-8-13)19-14-5-3-12(17-2)4-6-14;1-11(16)18-13-5-9-15(10-6-13)19-14-7-3-12(17-2)4-8-14/h2*5-10H,1-4H3;2*3-10H,1-2H3. The molecule has 0 radical (unpaired) electrons. The van der Waals surface area contributed by atoms with Crippen LogP contribution in [0.15, 0.2) is 189 Å². The first-order valence-corrected chi connectivity index (χ1v) is 26.4. The lowest BCUT2D eigenvalue weighted by atomic mass is 10.2. The van der Waals surface area contributed by atoms with Gasteiger partial charge in [0.2, 0.25) is 0 Å². The van der Waals surface area contributed by atoms with E-state index in [0.29, 0.717) is 40.2 Å². The highest BCUT2D eigenvalue weighted by Gasteiger charge is 2.10. The Morgan fingerprint density at radius 2 is 0.537 bits per heavy atom. The van der Waals surface area contributed by atoms with E-state index in [1.54, 1.807) is 100 Å². The maximum Gasteiger partial charge on any atom is 0.308 e. The summed E-state index contributed by atoms with van der Waals surface area (Å²) in [6.07, 6.45) is 0. The first kappa shape index (κ1) is 62.0. The molecular weight excluding hydrogens is 1060 g/mol. The largest absolute Gasteiger partial charge is 0.497 e. The molecule has 0 N–H and O–H groups in total. The summed E-state index contributed by atoms with van der Waals surface area (Å²) in [5.74, 6) is 7.04. The van der Waals surface area contributed by atoms with Gasteiger partial charge in [0.1, 0.15) is 69.0 Å². The molecule has 8 rings (SSSR count). The Morgan fingerprint density at radius 1 is 0.275 bits per heavy atom. The van der Waals surface area contributed by atoms with Gasteiger partial charge in [-0.1, -0.05) is 23.5 Å². The first-order valence-electron chi connectivity index (χ1n) is 24.8. The fourth-order valence-electron chi connectivity index (χ4n) is 7.05. The maximum absolute atomic E-state index is 11.0. The van der Waals surface area contributed by atoms with E-state index in [9.17, 15) is 19.2 Å². The molecule has 16 heteroatoms. The fraction of sp³-hybridized carbons (Fsp3) is 0.188. The van der Waals surface area contributed by atoms with Gasteiger partial charge in [-0.3, -0.25) is 19.2 Å². The summed E-state index contributed by atoms with van der Waals surface area (Å²) in [7, 11) is 6.58. The normalized spacial score (nSPS) is 10.1. The van der Waals surface area contributed by atoms with Crippen LogP contribution in [-0.2, 0) is 19.2 Å². The fourth-order valence-corrected chi connectivity index (χ4v) is 8.89. The molecule has 0 aliphatic carbocycles. The van der Waals surface area contributed by atoms with Crippen LogP contribution in [0.4, 0.5) is 0 Å². The van der Waals surface area contributed by atoms with Crippen LogP contribution in [0.5, 0.6) is 69.0 Å². The van der Waals surface area contributed by atoms with Crippen molar-refractivity contribution in [2.24, 2.45) is 0 Å². The summed E-state index contributed by atoms with van der Waals surface area (Å²) < 4.78 is 52.3. The number of hydrogen-bond donors (Lipinski definition) is 0. The third-order valence-corrected chi connectivity index (χ3v) is 12.8. The highest BCUT2D eigenvalue weighted by Crippen LogP contribution is 2.35. The molecule has 0 aliphatic rings. The molecule has 416 valence electrons. The molecule has 0 saturated heterocycles. The Hall–Kier alpha value is -8.86. The zero-order valence-electron chi connectivity index (χ0n) is 46.7. The van der Waals surface area contributed by atoms with Gasteiger partial charge in [0.05, 0.1) is 28.4 Å². The molecule has 0 bridgehead atoms. The lowest BCUT2D eigenvalue weighted by Crippen LogP contribution is -2.02. The van der Waals surface area contributed by atoms with Gasteiger partial charge in [0, 0.05) is 47.3 Å². The Kier molecular flexibility index (Phi) is 24.4. The van der Waals surface area contributed by atoms with Crippen LogP contribution in [0, 0.1) is 27.7 Å².